The van der Waals surface area contributed by atoms with E-state index in [1.54, 1.807) is 19.5 Å². The number of hydrogen-bond donors (Lipinski definition) is 0. The molecule has 2 aromatic rings. The van der Waals surface area contributed by atoms with Gasteiger partial charge in [-0.05, 0) is 43.9 Å². The fourth-order valence-electron chi connectivity index (χ4n) is 4.35. The predicted molar refractivity (Wildman–Crippen MR) is 108 cm³/mol. The molecule has 2 heterocycles. The zero-order valence-corrected chi connectivity index (χ0v) is 16.9. The summed E-state index contributed by atoms with van der Waals surface area (Å²) in [7, 11) is 1.63. The molecule has 3 unspecified atom stereocenters. The highest BCUT2D eigenvalue weighted by Gasteiger charge is 2.38. The molecule has 1 aliphatic heterocycles. The van der Waals surface area contributed by atoms with Crippen LogP contribution in [0.1, 0.15) is 55.7 Å². The van der Waals surface area contributed by atoms with Crippen LogP contribution in [0.2, 0.25) is 0 Å². The Balaban J connectivity index is 1.82. The summed E-state index contributed by atoms with van der Waals surface area (Å²) in [5, 5.41) is 0. The van der Waals surface area contributed by atoms with Crippen molar-refractivity contribution in [3.63, 3.8) is 0 Å². The first-order valence-electron chi connectivity index (χ1n) is 9.96. The monoisotopic (exact) mass is 395 g/mol. The molecule has 0 N–H and O–H groups in total. The van der Waals surface area contributed by atoms with Crippen LogP contribution >= 0.6 is 0 Å². The fourth-order valence-corrected chi connectivity index (χ4v) is 4.35. The van der Waals surface area contributed by atoms with Gasteiger partial charge >= 0.3 is 5.97 Å². The Morgan fingerprint density at radius 3 is 2.66 bits per heavy atom. The van der Waals surface area contributed by atoms with Crippen LogP contribution in [0.4, 0.5) is 0 Å². The van der Waals surface area contributed by atoms with Gasteiger partial charge in [-0.15, -0.1) is 0 Å². The van der Waals surface area contributed by atoms with Gasteiger partial charge in [0.2, 0.25) is 0 Å². The van der Waals surface area contributed by atoms with E-state index in [9.17, 15) is 4.79 Å². The SMILES string of the molecule is CCOc1cc2c(cc1OC)C(c1cncnc1)=NC1CCC(OC(C)=O)CC21. The van der Waals surface area contributed by atoms with Crippen molar-refractivity contribution in [1.82, 2.24) is 9.97 Å². The molecule has 3 atom stereocenters. The molecule has 1 saturated carbocycles. The van der Waals surface area contributed by atoms with Crippen molar-refractivity contribution in [2.24, 2.45) is 4.99 Å². The highest BCUT2D eigenvalue weighted by Crippen LogP contribution is 2.45. The van der Waals surface area contributed by atoms with E-state index in [1.807, 2.05) is 13.0 Å². The van der Waals surface area contributed by atoms with E-state index in [4.69, 9.17) is 19.2 Å². The third-order valence-corrected chi connectivity index (χ3v) is 5.52. The molecule has 0 amide bonds. The fraction of sp³-hybridized carbons (Fsp3) is 0.455. The minimum atomic E-state index is -0.236. The van der Waals surface area contributed by atoms with Crippen LogP contribution in [0.25, 0.3) is 0 Å². The Labute approximate surface area is 170 Å². The maximum Gasteiger partial charge on any atom is 0.302 e. The van der Waals surface area contributed by atoms with E-state index >= 15 is 0 Å². The Hall–Kier alpha value is -2.96. The first-order chi connectivity index (χ1) is 14.1. The zero-order chi connectivity index (χ0) is 20.4. The smallest absolute Gasteiger partial charge is 0.302 e. The largest absolute Gasteiger partial charge is 0.493 e. The lowest BCUT2D eigenvalue weighted by atomic mass is 9.74. The molecule has 1 aromatic carbocycles. The van der Waals surface area contributed by atoms with Gasteiger partial charge in [0.05, 0.1) is 25.5 Å². The lowest BCUT2D eigenvalue weighted by Gasteiger charge is -2.38. The summed E-state index contributed by atoms with van der Waals surface area (Å²) in [5.41, 5.74) is 3.88. The molecule has 29 heavy (non-hydrogen) atoms. The first-order valence-corrected chi connectivity index (χ1v) is 9.96. The van der Waals surface area contributed by atoms with E-state index in [0.717, 1.165) is 41.7 Å². The number of carbonyl (C=O) groups is 1. The number of fused-ring (bicyclic) bond motifs is 3. The molecular formula is C22H25N3O4. The molecule has 0 saturated heterocycles. The molecule has 152 valence electrons. The normalized spacial score (nSPS) is 22.7. The van der Waals surface area contributed by atoms with Crippen LogP contribution in [0.15, 0.2) is 35.8 Å². The second-order valence-corrected chi connectivity index (χ2v) is 7.35. The number of carbonyl (C=O) groups excluding carboxylic acids is 1. The van der Waals surface area contributed by atoms with Crippen molar-refractivity contribution >= 4 is 11.7 Å². The van der Waals surface area contributed by atoms with Gasteiger partial charge in [0, 0.05) is 36.4 Å². The van der Waals surface area contributed by atoms with Gasteiger partial charge < -0.3 is 14.2 Å². The van der Waals surface area contributed by atoms with Gasteiger partial charge in [0.1, 0.15) is 12.4 Å². The van der Waals surface area contributed by atoms with Gasteiger partial charge in [0.25, 0.3) is 0 Å². The second kappa shape index (κ2) is 8.19. The van der Waals surface area contributed by atoms with E-state index in [1.165, 1.54) is 13.3 Å². The molecule has 0 spiro atoms. The quantitative estimate of drug-likeness (QED) is 0.723. The van der Waals surface area contributed by atoms with Crippen LogP contribution in [0.3, 0.4) is 0 Å². The lowest BCUT2D eigenvalue weighted by Crippen LogP contribution is -2.36. The summed E-state index contributed by atoms with van der Waals surface area (Å²) in [6.45, 7) is 3.96. The molecule has 1 fully saturated rings. The summed E-state index contributed by atoms with van der Waals surface area (Å²) >= 11 is 0. The minimum absolute atomic E-state index is 0.0870. The third kappa shape index (κ3) is 3.81. The van der Waals surface area contributed by atoms with E-state index in [-0.39, 0.29) is 24.0 Å². The Kier molecular flexibility index (Phi) is 5.47. The highest BCUT2D eigenvalue weighted by atomic mass is 16.5. The maximum atomic E-state index is 11.5. The van der Waals surface area contributed by atoms with Crippen LogP contribution < -0.4 is 9.47 Å². The second-order valence-electron chi connectivity index (χ2n) is 7.35. The standard InChI is InChI=1S/C22H25N3O4/c1-4-28-21-8-16-17-7-15(29-13(2)26)5-6-19(17)25-22(14-10-23-12-24-11-14)18(16)9-20(21)27-3/h8-12,15,17,19H,4-7H2,1-3H3. The Morgan fingerprint density at radius 1 is 1.17 bits per heavy atom. The van der Waals surface area contributed by atoms with Crippen LogP contribution in [0.5, 0.6) is 11.5 Å². The number of esters is 1. The van der Waals surface area contributed by atoms with Gasteiger partial charge in [0.15, 0.2) is 11.5 Å². The van der Waals surface area contributed by atoms with Gasteiger partial charge in [-0.1, -0.05) is 0 Å². The number of aromatic nitrogens is 2. The van der Waals surface area contributed by atoms with Crippen molar-refractivity contribution in [2.75, 3.05) is 13.7 Å². The number of nitrogens with zero attached hydrogens (tertiary/aromatic N) is 3. The van der Waals surface area contributed by atoms with E-state index in [0.29, 0.717) is 18.1 Å². The number of hydrogen-bond acceptors (Lipinski definition) is 7. The van der Waals surface area contributed by atoms with Crippen LogP contribution in [0, 0.1) is 0 Å². The van der Waals surface area contributed by atoms with Crippen molar-refractivity contribution in [2.45, 2.75) is 51.2 Å². The summed E-state index contributed by atoms with van der Waals surface area (Å²) < 4.78 is 16.9. The minimum Gasteiger partial charge on any atom is -0.493 e. The molecule has 2 aliphatic rings. The maximum absolute atomic E-state index is 11.5. The number of ether oxygens (including phenoxy) is 3. The summed E-state index contributed by atoms with van der Waals surface area (Å²) in [4.78, 5) is 24.9. The number of benzene rings is 1. The molecule has 0 bridgehead atoms. The van der Waals surface area contributed by atoms with Gasteiger partial charge in [-0.3, -0.25) is 9.79 Å². The zero-order valence-electron chi connectivity index (χ0n) is 16.9. The number of rotatable bonds is 5. The van der Waals surface area contributed by atoms with Gasteiger partial charge in [-0.2, -0.15) is 0 Å². The van der Waals surface area contributed by atoms with Crippen molar-refractivity contribution in [3.8, 4) is 11.5 Å². The Morgan fingerprint density at radius 2 is 1.97 bits per heavy atom. The predicted octanol–water partition coefficient (Wildman–Crippen LogP) is 3.30. The third-order valence-electron chi connectivity index (χ3n) is 5.52. The highest BCUT2D eigenvalue weighted by molar-refractivity contribution is 6.14. The molecule has 1 aliphatic carbocycles. The molecule has 7 heteroatoms. The summed E-state index contributed by atoms with van der Waals surface area (Å²) in [6.07, 6.45) is 7.40. The van der Waals surface area contributed by atoms with Crippen molar-refractivity contribution in [3.05, 3.63) is 47.5 Å². The molecule has 1 aromatic heterocycles. The molecule has 0 radical (unpaired) electrons. The van der Waals surface area contributed by atoms with Crippen molar-refractivity contribution < 1.29 is 19.0 Å². The first kappa shape index (κ1) is 19.4. The number of methoxy groups -OCH3 is 1. The van der Waals surface area contributed by atoms with Crippen LogP contribution in [-0.2, 0) is 9.53 Å². The lowest BCUT2D eigenvalue weighted by molar-refractivity contribution is -0.148. The summed E-state index contributed by atoms with van der Waals surface area (Å²) in [5.74, 6) is 1.30. The summed E-state index contributed by atoms with van der Waals surface area (Å²) in [6, 6.07) is 4.16. The molecule has 7 nitrogen and oxygen atoms in total. The van der Waals surface area contributed by atoms with Gasteiger partial charge in [-0.25, -0.2) is 9.97 Å². The van der Waals surface area contributed by atoms with E-state index in [2.05, 4.69) is 16.0 Å². The van der Waals surface area contributed by atoms with E-state index < -0.39 is 0 Å². The molecule has 4 rings (SSSR count). The molecular weight excluding hydrogens is 370 g/mol. The average Bonchev–Trinajstić information content (AvgIpc) is 2.73. The van der Waals surface area contributed by atoms with Crippen LogP contribution in [-0.4, -0.2) is 47.5 Å². The average molecular weight is 395 g/mol. The topological polar surface area (TPSA) is 82.9 Å². The van der Waals surface area contributed by atoms with Crippen molar-refractivity contribution in [1.29, 1.82) is 0 Å². The number of aliphatic imine (C=N–C) groups is 1. The Bertz CT molecular complexity index is 929.